The maximum absolute atomic E-state index is 9.41. The number of carbonyl (C=O) groups excluding carboxylic acids is 2. The zero-order chi connectivity index (χ0) is 6.57. The van der Waals surface area contributed by atoms with Crippen molar-refractivity contribution in [3.05, 3.63) is 12.2 Å². The molecule has 52 valence electrons. The summed E-state index contributed by atoms with van der Waals surface area (Å²) in [6.07, 6.45) is 0.769. The van der Waals surface area contributed by atoms with Crippen molar-refractivity contribution < 1.29 is 36.9 Å². The number of hydrogen-bond donors (Lipinski definition) is 0. The van der Waals surface area contributed by atoms with Gasteiger partial charge in [0.05, 0.1) is 11.9 Å². The summed E-state index contributed by atoms with van der Waals surface area (Å²) in [6.45, 7) is 0. The van der Waals surface area contributed by atoms with E-state index < -0.39 is 11.9 Å². The molecule has 0 rings (SSSR count). The molecule has 4 nitrogen and oxygen atoms in total. The fourth-order valence-electron chi connectivity index (χ4n) is 0.136. The number of rotatable bonds is 2. The molecule has 0 amide bonds. The molecule has 0 saturated carbocycles. The van der Waals surface area contributed by atoms with Crippen molar-refractivity contribution in [2.24, 2.45) is 0 Å². The van der Waals surface area contributed by atoms with Gasteiger partial charge >= 0.3 is 0 Å². The number of carboxylic acids is 2. The molecule has 0 bridgehead atoms. The van der Waals surface area contributed by atoms with E-state index in [1.54, 1.807) is 0 Å². The van der Waals surface area contributed by atoms with Crippen LogP contribution < -0.4 is 10.2 Å². The fraction of sp³-hybridized carbons (Fsp3) is 0. The van der Waals surface area contributed by atoms with E-state index in [1.807, 2.05) is 0 Å². The molecule has 0 atom stereocenters. The van der Waals surface area contributed by atoms with Crippen molar-refractivity contribution in [3.8, 4) is 0 Å². The Morgan fingerprint density at radius 1 is 1.00 bits per heavy atom. The average molecular weight is 170 g/mol. The van der Waals surface area contributed by atoms with Crippen LogP contribution in [0.3, 0.4) is 0 Å². The number of aliphatic carboxylic acids is 2. The zero-order valence-corrected chi connectivity index (χ0v) is 5.25. The molecular formula is C4H2FeO4-2. The molecule has 0 radical (unpaired) electrons. The molecule has 0 aliphatic rings. The van der Waals surface area contributed by atoms with Gasteiger partial charge in [-0.25, -0.2) is 0 Å². The monoisotopic (exact) mass is 170 g/mol. The van der Waals surface area contributed by atoms with E-state index in [0.29, 0.717) is 12.2 Å². The smallest absolute Gasteiger partial charge is 0.0643 e. The summed E-state index contributed by atoms with van der Waals surface area (Å²) in [7, 11) is 0. The van der Waals surface area contributed by atoms with E-state index >= 15 is 0 Å². The first kappa shape index (κ1) is 11.1. The van der Waals surface area contributed by atoms with Crippen LogP contribution in [0, 0.1) is 0 Å². The first-order valence-corrected chi connectivity index (χ1v) is 1.73. The minimum absolute atomic E-state index is 0. The van der Waals surface area contributed by atoms with Gasteiger partial charge in [0, 0.05) is 17.1 Å². The summed E-state index contributed by atoms with van der Waals surface area (Å²) in [6, 6.07) is 0. The maximum atomic E-state index is 9.41. The molecule has 0 saturated heterocycles. The minimum atomic E-state index is -1.55. The molecule has 0 aliphatic carbocycles. The Morgan fingerprint density at radius 3 is 1.33 bits per heavy atom. The largest absolute Gasteiger partial charge is 0.545 e. The Balaban J connectivity index is 0. The van der Waals surface area contributed by atoms with E-state index in [0.717, 1.165) is 0 Å². The predicted octanol–water partition coefficient (Wildman–Crippen LogP) is -2.96. The second kappa shape index (κ2) is 5.34. The average Bonchev–Trinajstić information content (AvgIpc) is 1.61. The topological polar surface area (TPSA) is 80.3 Å². The summed E-state index contributed by atoms with van der Waals surface area (Å²) in [4.78, 5) is 18.8. The molecule has 0 aromatic carbocycles. The Morgan fingerprint density at radius 2 is 1.22 bits per heavy atom. The van der Waals surface area contributed by atoms with Crippen LogP contribution in [0.2, 0.25) is 0 Å². The second-order valence-electron chi connectivity index (χ2n) is 0.971. The van der Waals surface area contributed by atoms with E-state index in [9.17, 15) is 19.8 Å². The van der Waals surface area contributed by atoms with Gasteiger partial charge in [-0.3, -0.25) is 0 Å². The summed E-state index contributed by atoms with van der Waals surface area (Å²) in [5.74, 6) is -3.09. The van der Waals surface area contributed by atoms with Crippen LogP contribution in [0.5, 0.6) is 0 Å². The maximum Gasteiger partial charge on any atom is 0.0643 e. The van der Waals surface area contributed by atoms with Crippen LogP contribution in [-0.4, -0.2) is 11.9 Å². The minimum Gasteiger partial charge on any atom is -0.545 e. The number of carboxylic acid groups (broad SMARTS) is 2. The molecule has 0 fully saturated rings. The van der Waals surface area contributed by atoms with Crippen LogP contribution in [-0.2, 0) is 26.7 Å². The normalized spacial score (nSPS) is 8.44. The van der Waals surface area contributed by atoms with Crippen molar-refractivity contribution in [3.63, 3.8) is 0 Å². The van der Waals surface area contributed by atoms with E-state index in [1.165, 1.54) is 0 Å². The van der Waals surface area contributed by atoms with Gasteiger partial charge in [0.2, 0.25) is 0 Å². The summed E-state index contributed by atoms with van der Waals surface area (Å²) >= 11 is 0. The molecule has 9 heavy (non-hydrogen) atoms. The Hall–Kier alpha value is -0.801. The standard InChI is InChI=1S/C4H4O4.Fe/c5-3(6)1-2-4(7)8;/h1-2H,(H,5,6)(H,7,8);/p-2. The van der Waals surface area contributed by atoms with Crippen LogP contribution in [0.15, 0.2) is 12.2 Å². The van der Waals surface area contributed by atoms with Crippen molar-refractivity contribution in [2.45, 2.75) is 0 Å². The predicted molar refractivity (Wildman–Crippen MR) is 19.2 cm³/mol. The summed E-state index contributed by atoms with van der Waals surface area (Å²) < 4.78 is 0. The number of hydrogen-bond acceptors (Lipinski definition) is 4. The summed E-state index contributed by atoms with van der Waals surface area (Å²) in [5, 5.41) is 18.8. The van der Waals surface area contributed by atoms with Gasteiger partial charge in [-0.2, -0.15) is 0 Å². The van der Waals surface area contributed by atoms with Crippen LogP contribution in [0.4, 0.5) is 0 Å². The van der Waals surface area contributed by atoms with Crippen LogP contribution in [0.1, 0.15) is 0 Å². The Bertz CT molecular complexity index is 124. The molecule has 0 aromatic rings. The van der Waals surface area contributed by atoms with Gasteiger partial charge in [-0.15, -0.1) is 0 Å². The number of carbonyl (C=O) groups is 2. The Labute approximate surface area is 61.7 Å². The molecule has 0 aliphatic heterocycles. The van der Waals surface area contributed by atoms with Crippen molar-refractivity contribution >= 4 is 11.9 Å². The molecule has 0 aromatic heterocycles. The zero-order valence-electron chi connectivity index (χ0n) is 4.14. The molecule has 0 N–H and O–H groups in total. The molecule has 5 heteroatoms. The molecule has 0 spiro atoms. The molecule has 0 unspecified atom stereocenters. The van der Waals surface area contributed by atoms with Gasteiger partial charge in [-0.1, -0.05) is 0 Å². The van der Waals surface area contributed by atoms with Gasteiger partial charge in [0.1, 0.15) is 0 Å². The van der Waals surface area contributed by atoms with E-state index in [4.69, 9.17) is 0 Å². The van der Waals surface area contributed by atoms with E-state index in [-0.39, 0.29) is 17.1 Å². The van der Waals surface area contributed by atoms with E-state index in [2.05, 4.69) is 0 Å². The van der Waals surface area contributed by atoms with Crippen LogP contribution >= 0.6 is 0 Å². The first-order valence-electron chi connectivity index (χ1n) is 1.73. The van der Waals surface area contributed by atoms with Crippen molar-refractivity contribution in [1.29, 1.82) is 0 Å². The second-order valence-corrected chi connectivity index (χ2v) is 0.971. The van der Waals surface area contributed by atoms with Gasteiger partial charge in [0.25, 0.3) is 0 Å². The third-order valence-electron chi connectivity index (χ3n) is 0.355. The van der Waals surface area contributed by atoms with Crippen molar-refractivity contribution in [2.75, 3.05) is 0 Å². The first-order chi connectivity index (χ1) is 3.63. The van der Waals surface area contributed by atoms with Gasteiger partial charge < -0.3 is 19.8 Å². The third kappa shape index (κ3) is 11.0. The molecule has 0 heterocycles. The molecular weight excluding hydrogens is 168 g/mol. The third-order valence-corrected chi connectivity index (χ3v) is 0.355. The van der Waals surface area contributed by atoms with Gasteiger partial charge in [-0.05, 0) is 12.2 Å². The quantitative estimate of drug-likeness (QED) is 0.327. The van der Waals surface area contributed by atoms with Gasteiger partial charge in [0.15, 0.2) is 0 Å². The SMILES string of the molecule is O=C([O-])C=CC(=O)[O-].[Fe]. The summed E-state index contributed by atoms with van der Waals surface area (Å²) in [5.41, 5.74) is 0. The fourth-order valence-corrected chi connectivity index (χ4v) is 0.136. The Kier molecular flexibility index (Phi) is 6.56. The van der Waals surface area contributed by atoms with Crippen LogP contribution in [0.25, 0.3) is 0 Å². The van der Waals surface area contributed by atoms with Crippen molar-refractivity contribution in [1.82, 2.24) is 0 Å².